The molecule has 1 fully saturated rings. The number of hydrogen-bond donors (Lipinski definition) is 2. The van der Waals surface area contributed by atoms with E-state index in [1.807, 2.05) is 6.92 Å². The molecule has 0 bridgehead atoms. The number of likely N-dealkylation sites (tertiary alicyclic amines) is 1. The Balaban J connectivity index is 2.28. The number of nitrogens with one attached hydrogen (secondary N) is 1. The molecule has 94 valence electrons. The van der Waals surface area contributed by atoms with Crippen LogP contribution in [0.2, 0.25) is 0 Å². The SMILES string of the molecule is CCCC(C)NC(=O)CN1CCCC1CO. The van der Waals surface area contributed by atoms with E-state index in [9.17, 15) is 4.79 Å². The fraction of sp³-hybridized carbons (Fsp3) is 0.917. The highest BCUT2D eigenvalue weighted by Gasteiger charge is 2.25. The Morgan fingerprint density at radius 1 is 1.62 bits per heavy atom. The molecule has 1 heterocycles. The van der Waals surface area contributed by atoms with Gasteiger partial charge in [0.05, 0.1) is 13.2 Å². The minimum absolute atomic E-state index is 0.0845. The molecule has 2 atom stereocenters. The highest BCUT2D eigenvalue weighted by molar-refractivity contribution is 5.78. The number of rotatable bonds is 6. The number of amides is 1. The lowest BCUT2D eigenvalue weighted by Gasteiger charge is -2.23. The Morgan fingerprint density at radius 2 is 2.38 bits per heavy atom. The maximum absolute atomic E-state index is 11.7. The van der Waals surface area contributed by atoms with Gasteiger partial charge in [0.25, 0.3) is 0 Å². The molecule has 2 unspecified atom stereocenters. The zero-order valence-corrected chi connectivity index (χ0v) is 10.4. The summed E-state index contributed by atoms with van der Waals surface area (Å²) >= 11 is 0. The average molecular weight is 228 g/mol. The molecule has 0 aromatic rings. The van der Waals surface area contributed by atoms with Gasteiger partial charge in [0, 0.05) is 12.1 Å². The van der Waals surface area contributed by atoms with Crippen LogP contribution in [-0.4, -0.2) is 47.7 Å². The minimum atomic E-state index is 0.0845. The van der Waals surface area contributed by atoms with Gasteiger partial charge in [-0.05, 0) is 32.7 Å². The quantitative estimate of drug-likeness (QED) is 0.705. The van der Waals surface area contributed by atoms with Crippen molar-refractivity contribution < 1.29 is 9.90 Å². The highest BCUT2D eigenvalue weighted by Crippen LogP contribution is 2.15. The Morgan fingerprint density at radius 3 is 3.00 bits per heavy atom. The third-order valence-electron chi connectivity index (χ3n) is 3.19. The van der Waals surface area contributed by atoms with Crippen molar-refractivity contribution in [1.82, 2.24) is 10.2 Å². The van der Waals surface area contributed by atoms with E-state index in [1.165, 1.54) is 0 Å². The maximum Gasteiger partial charge on any atom is 0.234 e. The Kier molecular flexibility index (Phi) is 5.77. The maximum atomic E-state index is 11.7. The Bertz CT molecular complexity index is 221. The van der Waals surface area contributed by atoms with Crippen LogP contribution in [0.15, 0.2) is 0 Å². The van der Waals surface area contributed by atoms with E-state index in [4.69, 9.17) is 5.11 Å². The van der Waals surface area contributed by atoms with Crippen LogP contribution in [-0.2, 0) is 4.79 Å². The van der Waals surface area contributed by atoms with Crippen LogP contribution < -0.4 is 5.32 Å². The summed E-state index contributed by atoms with van der Waals surface area (Å²) in [5.41, 5.74) is 0. The fourth-order valence-corrected chi connectivity index (χ4v) is 2.32. The molecule has 4 nitrogen and oxygen atoms in total. The van der Waals surface area contributed by atoms with Gasteiger partial charge in [0.1, 0.15) is 0 Å². The monoisotopic (exact) mass is 228 g/mol. The van der Waals surface area contributed by atoms with E-state index in [-0.39, 0.29) is 24.6 Å². The molecule has 1 rings (SSSR count). The van der Waals surface area contributed by atoms with Gasteiger partial charge < -0.3 is 10.4 Å². The van der Waals surface area contributed by atoms with E-state index in [1.54, 1.807) is 0 Å². The molecular formula is C12H24N2O2. The first kappa shape index (κ1) is 13.5. The first-order valence-corrected chi connectivity index (χ1v) is 6.31. The predicted octanol–water partition coefficient (Wildman–Crippen LogP) is 0.748. The largest absolute Gasteiger partial charge is 0.395 e. The number of nitrogens with zero attached hydrogens (tertiary/aromatic N) is 1. The minimum Gasteiger partial charge on any atom is -0.395 e. The molecule has 1 aliphatic heterocycles. The number of aliphatic hydroxyl groups is 1. The molecule has 1 aliphatic rings. The zero-order chi connectivity index (χ0) is 12.0. The van der Waals surface area contributed by atoms with Gasteiger partial charge >= 0.3 is 0 Å². The third kappa shape index (κ3) is 4.10. The van der Waals surface area contributed by atoms with Crippen molar-refractivity contribution in [1.29, 1.82) is 0 Å². The summed E-state index contributed by atoms with van der Waals surface area (Å²) in [4.78, 5) is 13.8. The van der Waals surface area contributed by atoms with E-state index in [2.05, 4.69) is 17.1 Å². The van der Waals surface area contributed by atoms with Gasteiger partial charge in [0.15, 0.2) is 0 Å². The van der Waals surface area contributed by atoms with Crippen LogP contribution in [0, 0.1) is 0 Å². The Hall–Kier alpha value is -0.610. The lowest BCUT2D eigenvalue weighted by Crippen LogP contribution is -2.43. The second-order valence-electron chi connectivity index (χ2n) is 4.71. The van der Waals surface area contributed by atoms with Crippen molar-refractivity contribution in [2.75, 3.05) is 19.7 Å². The second-order valence-corrected chi connectivity index (χ2v) is 4.71. The van der Waals surface area contributed by atoms with Crippen LogP contribution >= 0.6 is 0 Å². The van der Waals surface area contributed by atoms with Gasteiger partial charge in [-0.25, -0.2) is 0 Å². The molecule has 0 spiro atoms. The van der Waals surface area contributed by atoms with Crippen molar-refractivity contribution in [3.05, 3.63) is 0 Å². The molecule has 2 N–H and O–H groups in total. The number of aliphatic hydroxyl groups excluding tert-OH is 1. The summed E-state index contributed by atoms with van der Waals surface area (Å²) in [7, 11) is 0. The standard InChI is InChI=1S/C12H24N2O2/c1-3-5-10(2)13-12(16)8-14-7-4-6-11(14)9-15/h10-11,15H,3-9H2,1-2H3,(H,13,16). The summed E-state index contributed by atoms with van der Waals surface area (Å²) in [6, 6.07) is 0.444. The van der Waals surface area contributed by atoms with Gasteiger partial charge in [-0.3, -0.25) is 9.69 Å². The summed E-state index contributed by atoms with van der Waals surface area (Å²) in [5, 5.41) is 12.1. The highest BCUT2D eigenvalue weighted by atomic mass is 16.3. The van der Waals surface area contributed by atoms with E-state index >= 15 is 0 Å². The van der Waals surface area contributed by atoms with Gasteiger partial charge in [-0.15, -0.1) is 0 Å². The van der Waals surface area contributed by atoms with Crippen molar-refractivity contribution in [2.45, 2.75) is 51.6 Å². The molecule has 16 heavy (non-hydrogen) atoms. The predicted molar refractivity (Wildman–Crippen MR) is 64.2 cm³/mol. The van der Waals surface area contributed by atoms with Crippen molar-refractivity contribution in [3.8, 4) is 0 Å². The van der Waals surface area contributed by atoms with Crippen LogP contribution in [0.1, 0.15) is 39.5 Å². The zero-order valence-electron chi connectivity index (χ0n) is 10.4. The van der Waals surface area contributed by atoms with Gasteiger partial charge in [-0.2, -0.15) is 0 Å². The smallest absolute Gasteiger partial charge is 0.234 e. The topological polar surface area (TPSA) is 52.6 Å². The van der Waals surface area contributed by atoms with E-state index < -0.39 is 0 Å². The average Bonchev–Trinajstić information content (AvgIpc) is 2.65. The van der Waals surface area contributed by atoms with Gasteiger partial charge in [0.2, 0.25) is 5.91 Å². The molecule has 0 saturated carbocycles. The number of carbonyl (C=O) groups is 1. The first-order valence-electron chi connectivity index (χ1n) is 6.31. The van der Waals surface area contributed by atoms with Crippen molar-refractivity contribution >= 4 is 5.91 Å². The lowest BCUT2D eigenvalue weighted by molar-refractivity contribution is -0.123. The van der Waals surface area contributed by atoms with Crippen LogP contribution in [0.25, 0.3) is 0 Å². The normalized spacial score (nSPS) is 23.3. The summed E-state index contributed by atoms with van der Waals surface area (Å²) in [5.74, 6) is 0.0845. The van der Waals surface area contributed by atoms with Crippen molar-refractivity contribution in [2.24, 2.45) is 0 Å². The van der Waals surface area contributed by atoms with E-state index in [0.29, 0.717) is 6.54 Å². The Labute approximate surface area is 98.0 Å². The van der Waals surface area contributed by atoms with Crippen LogP contribution in [0.5, 0.6) is 0 Å². The summed E-state index contributed by atoms with van der Waals surface area (Å²) in [6.07, 6.45) is 4.21. The number of hydrogen-bond acceptors (Lipinski definition) is 3. The third-order valence-corrected chi connectivity index (χ3v) is 3.19. The first-order chi connectivity index (χ1) is 7.67. The van der Waals surface area contributed by atoms with Crippen LogP contribution in [0.4, 0.5) is 0 Å². The van der Waals surface area contributed by atoms with E-state index in [0.717, 1.165) is 32.2 Å². The van der Waals surface area contributed by atoms with Crippen molar-refractivity contribution in [3.63, 3.8) is 0 Å². The summed E-state index contributed by atoms with van der Waals surface area (Å²) < 4.78 is 0. The van der Waals surface area contributed by atoms with Crippen LogP contribution in [0.3, 0.4) is 0 Å². The molecule has 0 aromatic heterocycles. The molecule has 0 radical (unpaired) electrons. The molecule has 0 aliphatic carbocycles. The number of carbonyl (C=O) groups excluding carboxylic acids is 1. The molecule has 0 aromatic carbocycles. The lowest BCUT2D eigenvalue weighted by atomic mass is 10.2. The second kappa shape index (κ2) is 6.86. The molecule has 1 saturated heterocycles. The van der Waals surface area contributed by atoms with Gasteiger partial charge in [-0.1, -0.05) is 13.3 Å². The summed E-state index contributed by atoms with van der Waals surface area (Å²) in [6.45, 7) is 5.68. The molecule has 1 amide bonds. The fourth-order valence-electron chi connectivity index (χ4n) is 2.32. The molecular weight excluding hydrogens is 204 g/mol. The molecule has 4 heteroatoms.